The van der Waals surface area contributed by atoms with Gasteiger partial charge in [0.05, 0.1) is 10.7 Å². The summed E-state index contributed by atoms with van der Waals surface area (Å²) in [6, 6.07) is 5.52. The first-order valence-corrected chi connectivity index (χ1v) is 6.67. The summed E-state index contributed by atoms with van der Waals surface area (Å²) in [5.74, 6) is 1.25. The Labute approximate surface area is 118 Å². The lowest BCUT2D eigenvalue weighted by Crippen LogP contribution is -2.19. The largest absolute Gasteiger partial charge is 0.311 e. The van der Waals surface area contributed by atoms with Crippen molar-refractivity contribution in [2.24, 2.45) is 5.92 Å². The Morgan fingerprint density at radius 3 is 2.74 bits per heavy atom. The summed E-state index contributed by atoms with van der Waals surface area (Å²) in [6.45, 7) is 6.06. The maximum Gasteiger partial charge on any atom is 0.178 e. The molecule has 0 unspecified atom stereocenters. The highest BCUT2D eigenvalue weighted by Gasteiger charge is 2.04. The first-order valence-electron chi connectivity index (χ1n) is 6.29. The fourth-order valence-corrected chi connectivity index (χ4v) is 1.73. The number of rotatable bonds is 5. The predicted octanol–water partition coefficient (Wildman–Crippen LogP) is 2.94. The first kappa shape index (κ1) is 13.9. The van der Waals surface area contributed by atoms with Crippen LogP contribution >= 0.6 is 11.6 Å². The molecule has 0 radical (unpaired) electrons. The topological polar surface area (TPSA) is 50.7 Å². The third-order valence-corrected chi connectivity index (χ3v) is 2.75. The molecule has 0 saturated carbocycles. The Balaban J connectivity index is 2.08. The van der Waals surface area contributed by atoms with Crippen LogP contribution in [-0.2, 0) is 6.54 Å². The minimum absolute atomic E-state index is 0.610. The van der Waals surface area contributed by atoms with Crippen LogP contribution in [0.1, 0.15) is 19.5 Å². The maximum absolute atomic E-state index is 5.82. The van der Waals surface area contributed by atoms with Gasteiger partial charge in [-0.25, -0.2) is 9.97 Å². The van der Waals surface area contributed by atoms with E-state index in [0.29, 0.717) is 16.8 Å². The Hall–Kier alpha value is -1.52. The number of aromatic nitrogens is 3. The van der Waals surface area contributed by atoms with Crippen LogP contribution in [0.15, 0.2) is 30.6 Å². The number of pyridine rings is 1. The molecule has 0 aliphatic carbocycles. The summed E-state index contributed by atoms with van der Waals surface area (Å²) in [5, 5.41) is 3.97. The van der Waals surface area contributed by atoms with E-state index in [1.807, 2.05) is 12.1 Å². The molecule has 2 heterocycles. The number of hydrogen-bond donors (Lipinski definition) is 1. The molecule has 0 spiro atoms. The second-order valence-electron chi connectivity index (χ2n) is 4.76. The average molecular weight is 277 g/mol. The lowest BCUT2D eigenvalue weighted by molar-refractivity contribution is 0.548. The van der Waals surface area contributed by atoms with E-state index in [2.05, 4.69) is 34.1 Å². The quantitative estimate of drug-likeness (QED) is 0.912. The molecule has 0 bridgehead atoms. The van der Waals surface area contributed by atoms with E-state index >= 15 is 0 Å². The predicted molar refractivity (Wildman–Crippen MR) is 76.8 cm³/mol. The van der Waals surface area contributed by atoms with Crippen LogP contribution in [0.25, 0.3) is 11.5 Å². The summed E-state index contributed by atoms with van der Waals surface area (Å²) in [4.78, 5) is 12.9. The van der Waals surface area contributed by atoms with Gasteiger partial charge in [0.1, 0.15) is 5.69 Å². The molecule has 0 aliphatic heterocycles. The number of nitrogens with zero attached hydrogens (tertiary/aromatic N) is 3. The van der Waals surface area contributed by atoms with E-state index < -0.39 is 0 Å². The molecule has 0 amide bonds. The summed E-state index contributed by atoms with van der Waals surface area (Å²) in [6.07, 6.45) is 3.36. The second kappa shape index (κ2) is 6.59. The van der Waals surface area contributed by atoms with Gasteiger partial charge in [0, 0.05) is 18.9 Å². The van der Waals surface area contributed by atoms with Crippen molar-refractivity contribution in [2.75, 3.05) is 6.54 Å². The van der Waals surface area contributed by atoms with E-state index in [1.54, 1.807) is 18.5 Å². The summed E-state index contributed by atoms with van der Waals surface area (Å²) < 4.78 is 0. The third-order valence-electron chi connectivity index (χ3n) is 2.53. The lowest BCUT2D eigenvalue weighted by atomic mass is 10.2. The van der Waals surface area contributed by atoms with Gasteiger partial charge in [0.25, 0.3) is 0 Å². The van der Waals surface area contributed by atoms with Crippen molar-refractivity contribution in [3.05, 3.63) is 41.3 Å². The molecule has 5 heteroatoms. The minimum Gasteiger partial charge on any atom is -0.311 e. The smallest absolute Gasteiger partial charge is 0.178 e. The normalized spacial score (nSPS) is 10.9. The van der Waals surface area contributed by atoms with Gasteiger partial charge >= 0.3 is 0 Å². The van der Waals surface area contributed by atoms with Gasteiger partial charge in [-0.15, -0.1) is 0 Å². The maximum atomic E-state index is 5.82. The van der Waals surface area contributed by atoms with E-state index in [4.69, 9.17) is 11.6 Å². The van der Waals surface area contributed by atoms with Crippen LogP contribution in [-0.4, -0.2) is 21.5 Å². The zero-order chi connectivity index (χ0) is 13.7. The summed E-state index contributed by atoms with van der Waals surface area (Å²) >= 11 is 5.82. The number of hydrogen-bond acceptors (Lipinski definition) is 4. The highest BCUT2D eigenvalue weighted by molar-refractivity contribution is 6.30. The zero-order valence-corrected chi connectivity index (χ0v) is 11.9. The Bertz CT molecular complexity index is 525. The van der Waals surface area contributed by atoms with Gasteiger partial charge in [0.2, 0.25) is 0 Å². The molecular formula is C14H17ClN4. The second-order valence-corrected chi connectivity index (χ2v) is 5.19. The SMILES string of the molecule is CC(C)CNCc1ccnc(-c2ccc(Cl)cn2)n1. The van der Waals surface area contributed by atoms with Crippen molar-refractivity contribution >= 4 is 11.6 Å². The highest BCUT2D eigenvalue weighted by Crippen LogP contribution is 2.14. The van der Waals surface area contributed by atoms with Crippen molar-refractivity contribution in [3.8, 4) is 11.5 Å². The van der Waals surface area contributed by atoms with Crippen LogP contribution in [0.2, 0.25) is 5.02 Å². The summed E-state index contributed by atoms with van der Waals surface area (Å²) in [7, 11) is 0. The first-order chi connectivity index (χ1) is 9.15. The molecule has 0 aliphatic rings. The van der Waals surface area contributed by atoms with Crippen LogP contribution < -0.4 is 5.32 Å². The molecule has 4 nitrogen and oxygen atoms in total. The van der Waals surface area contributed by atoms with E-state index in [-0.39, 0.29) is 0 Å². The Morgan fingerprint density at radius 1 is 1.21 bits per heavy atom. The van der Waals surface area contributed by atoms with Crippen molar-refractivity contribution in [3.63, 3.8) is 0 Å². The fraction of sp³-hybridized carbons (Fsp3) is 0.357. The molecular weight excluding hydrogens is 260 g/mol. The Kier molecular flexibility index (Phi) is 4.82. The molecule has 1 N–H and O–H groups in total. The molecule has 2 aromatic heterocycles. The van der Waals surface area contributed by atoms with Crippen molar-refractivity contribution in [1.29, 1.82) is 0 Å². The van der Waals surface area contributed by atoms with E-state index in [1.165, 1.54) is 0 Å². The van der Waals surface area contributed by atoms with Gasteiger partial charge in [-0.2, -0.15) is 0 Å². The van der Waals surface area contributed by atoms with E-state index in [0.717, 1.165) is 24.5 Å². The zero-order valence-electron chi connectivity index (χ0n) is 11.1. The molecule has 0 aromatic carbocycles. The van der Waals surface area contributed by atoms with Crippen molar-refractivity contribution in [1.82, 2.24) is 20.3 Å². The monoisotopic (exact) mass is 276 g/mol. The highest BCUT2D eigenvalue weighted by atomic mass is 35.5. The Morgan fingerprint density at radius 2 is 2.05 bits per heavy atom. The average Bonchev–Trinajstić information content (AvgIpc) is 2.39. The molecule has 2 aromatic rings. The van der Waals surface area contributed by atoms with Gasteiger partial charge in [-0.3, -0.25) is 4.98 Å². The van der Waals surface area contributed by atoms with Crippen LogP contribution in [0, 0.1) is 5.92 Å². The van der Waals surface area contributed by atoms with Gasteiger partial charge < -0.3 is 5.32 Å². The van der Waals surface area contributed by atoms with Crippen LogP contribution in [0.5, 0.6) is 0 Å². The van der Waals surface area contributed by atoms with Crippen LogP contribution in [0.4, 0.5) is 0 Å². The lowest BCUT2D eigenvalue weighted by Gasteiger charge is -2.07. The molecule has 0 fully saturated rings. The number of halogens is 1. The summed E-state index contributed by atoms with van der Waals surface area (Å²) in [5.41, 5.74) is 1.69. The van der Waals surface area contributed by atoms with Crippen molar-refractivity contribution < 1.29 is 0 Å². The van der Waals surface area contributed by atoms with Crippen LogP contribution in [0.3, 0.4) is 0 Å². The molecule has 19 heavy (non-hydrogen) atoms. The standard InChI is InChI=1S/C14H17ClN4/c1-10(2)7-16-9-12-5-6-17-14(19-12)13-4-3-11(15)8-18-13/h3-6,8,10,16H,7,9H2,1-2H3. The third kappa shape index (κ3) is 4.26. The molecule has 2 rings (SSSR count). The molecule has 0 saturated heterocycles. The fourth-order valence-electron chi connectivity index (χ4n) is 1.61. The van der Waals surface area contributed by atoms with Gasteiger partial charge in [0.15, 0.2) is 5.82 Å². The molecule has 0 atom stereocenters. The molecule has 100 valence electrons. The van der Waals surface area contributed by atoms with E-state index in [9.17, 15) is 0 Å². The minimum atomic E-state index is 0.610. The van der Waals surface area contributed by atoms with Crippen molar-refractivity contribution in [2.45, 2.75) is 20.4 Å². The van der Waals surface area contributed by atoms with Gasteiger partial charge in [-0.05, 0) is 30.7 Å². The van der Waals surface area contributed by atoms with Gasteiger partial charge in [-0.1, -0.05) is 25.4 Å². The number of nitrogens with one attached hydrogen (secondary N) is 1.